The van der Waals surface area contributed by atoms with E-state index in [0.717, 1.165) is 10.2 Å². The molecule has 0 radical (unpaired) electrons. The molecule has 0 fully saturated rings. The number of halogens is 1. The summed E-state index contributed by atoms with van der Waals surface area (Å²) in [6, 6.07) is 10.2. The van der Waals surface area contributed by atoms with Crippen LogP contribution in [0.15, 0.2) is 59.9 Å². The number of carbonyl (C=O) groups excluding carboxylic acids is 1. The first-order valence-electron chi connectivity index (χ1n) is 9.20. The summed E-state index contributed by atoms with van der Waals surface area (Å²) < 4.78 is 26.2. The zero-order valence-corrected chi connectivity index (χ0v) is 16.2. The van der Waals surface area contributed by atoms with E-state index in [1.807, 2.05) is 6.07 Å². The van der Waals surface area contributed by atoms with Crippen LogP contribution in [0.25, 0.3) is 5.69 Å². The highest BCUT2D eigenvalue weighted by molar-refractivity contribution is 5.76. The minimum Gasteiger partial charge on any atom is -0.454 e. The summed E-state index contributed by atoms with van der Waals surface area (Å²) in [5, 5.41) is 7.01. The number of carbonyl (C=O) groups is 1. The van der Waals surface area contributed by atoms with E-state index in [-0.39, 0.29) is 19.2 Å². The summed E-state index contributed by atoms with van der Waals surface area (Å²) in [5.74, 6) is 0.796. The minimum atomic E-state index is -0.493. The third-order valence-corrected chi connectivity index (χ3v) is 4.73. The fourth-order valence-corrected chi connectivity index (χ4v) is 3.17. The molecule has 9 heteroatoms. The standard InChI is InChI=1S/C21H19FN4O4/c1-3-17(14-4-9-18-19(10-14)30-12-29-18)23-20(27)11-25-13(2)24-26(21(25)28)16-7-5-15(22)6-8-16/h3-10,17H,1,11-12H2,2H3,(H,23,27)/t17-/m0/s1. The van der Waals surface area contributed by atoms with E-state index in [9.17, 15) is 14.0 Å². The van der Waals surface area contributed by atoms with Crippen LogP contribution in [0.1, 0.15) is 17.4 Å². The molecule has 0 unspecified atom stereocenters. The molecule has 30 heavy (non-hydrogen) atoms. The number of aryl methyl sites for hydroxylation is 1. The Kier molecular flexibility index (Phi) is 5.09. The summed E-state index contributed by atoms with van der Waals surface area (Å²) in [6.45, 7) is 5.33. The number of hydrogen-bond acceptors (Lipinski definition) is 5. The van der Waals surface area contributed by atoms with Gasteiger partial charge in [-0.25, -0.2) is 9.18 Å². The lowest BCUT2D eigenvalue weighted by Crippen LogP contribution is -2.35. The number of aromatic nitrogens is 3. The van der Waals surface area contributed by atoms with Crippen LogP contribution in [-0.2, 0) is 11.3 Å². The van der Waals surface area contributed by atoms with Gasteiger partial charge in [0.1, 0.15) is 18.2 Å². The number of nitrogens with zero attached hydrogens (tertiary/aromatic N) is 3. The van der Waals surface area contributed by atoms with Gasteiger partial charge < -0.3 is 14.8 Å². The molecule has 2 aromatic carbocycles. The number of nitrogens with one attached hydrogen (secondary N) is 1. The SMILES string of the molecule is C=C[C@H](NC(=O)Cn1c(C)nn(-c2ccc(F)cc2)c1=O)c1ccc2c(c1)OCO2. The number of amides is 1. The quantitative estimate of drug-likeness (QED) is 0.630. The van der Waals surface area contributed by atoms with Gasteiger partial charge in [0.15, 0.2) is 11.5 Å². The van der Waals surface area contributed by atoms with E-state index in [1.54, 1.807) is 25.1 Å². The van der Waals surface area contributed by atoms with Gasteiger partial charge in [-0.1, -0.05) is 12.1 Å². The molecule has 1 amide bonds. The van der Waals surface area contributed by atoms with Crippen molar-refractivity contribution in [3.05, 3.63) is 82.8 Å². The fourth-order valence-electron chi connectivity index (χ4n) is 3.17. The lowest BCUT2D eigenvalue weighted by atomic mass is 10.1. The molecular formula is C21H19FN4O4. The van der Waals surface area contributed by atoms with Crippen LogP contribution < -0.4 is 20.5 Å². The Hall–Kier alpha value is -3.88. The molecule has 0 aliphatic carbocycles. The Balaban J connectivity index is 1.51. The predicted molar refractivity (Wildman–Crippen MR) is 106 cm³/mol. The molecule has 0 spiro atoms. The van der Waals surface area contributed by atoms with Crippen LogP contribution in [0, 0.1) is 12.7 Å². The largest absolute Gasteiger partial charge is 0.454 e. The van der Waals surface area contributed by atoms with Crippen molar-refractivity contribution in [3.8, 4) is 17.2 Å². The van der Waals surface area contributed by atoms with Crippen molar-refractivity contribution in [2.24, 2.45) is 0 Å². The first-order valence-corrected chi connectivity index (χ1v) is 9.20. The van der Waals surface area contributed by atoms with Gasteiger partial charge >= 0.3 is 5.69 Å². The second kappa shape index (κ2) is 7.86. The molecule has 1 N–H and O–H groups in total. The maximum Gasteiger partial charge on any atom is 0.351 e. The molecule has 0 saturated carbocycles. The normalized spacial score (nSPS) is 13.1. The number of fused-ring (bicyclic) bond motifs is 1. The number of rotatable bonds is 6. The molecule has 1 aliphatic rings. The molecule has 8 nitrogen and oxygen atoms in total. The summed E-state index contributed by atoms with van der Waals surface area (Å²) in [5.41, 5.74) is 0.689. The van der Waals surface area contributed by atoms with E-state index in [2.05, 4.69) is 17.0 Å². The van der Waals surface area contributed by atoms with Crippen molar-refractivity contribution in [2.45, 2.75) is 19.5 Å². The van der Waals surface area contributed by atoms with Crippen LogP contribution in [0.3, 0.4) is 0 Å². The van der Waals surface area contributed by atoms with Crippen molar-refractivity contribution >= 4 is 5.91 Å². The molecule has 2 heterocycles. The number of benzene rings is 2. The zero-order chi connectivity index (χ0) is 21.3. The van der Waals surface area contributed by atoms with E-state index < -0.39 is 17.5 Å². The van der Waals surface area contributed by atoms with Crippen LogP contribution >= 0.6 is 0 Å². The summed E-state index contributed by atoms with van der Waals surface area (Å²) in [7, 11) is 0. The Morgan fingerprint density at radius 2 is 2.00 bits per heavy atom. The number of hydrogen-bond donors (Lipinski definition) is 1. The van der Waals surface area contributed by atoms with Crippen LogP contribution in [0.5, 0.6) is 11.5 Å². The monoisotopic (exact) mass is 410 g/mol. The average Bonchev–Trinajstić information content (AvgIpc) is 3.32. The minimum absolute atomic E-state index is 0.157. The van der Waals surface area contributed by atoms with Gasteiger partial charge in [-0.2, -0.15) is 9.78 Å². The van der Waals surface area contributed by atoms with Crippen LogP contribution in [-0.4, -0.2) is 27.0 Å². The van der Waals surface area contributed by atoms with Gasteiger partial charge in [0.25, 0.3) is 0 Å². The van der Waals surface area contributed by atoms with E-state index in [1.165, 1.54) is 28.8 Å². The topological polar surface area (TPSA) is 87.4 Å². The molecule has 3 aromatic rings. The smallest absolute Gasteiger partial charge is 0.351 e. The molecule has 0 saturated heterocycles. The highest BCUT2D eigenvalue weighted by Crippen LogP contribution is 2.34. The van der Waals surface area contributed by atoms with Gasteiger partial charge in [0, 0.05) is 0 Å². The van der Waals surface area contributed by atoms with Crippen molar-refractivity contribution in [3.63, 3.8) is 0 Å². The van der Waals surface area contributed by atoms with Crippen molar-refractivity contribution in [1.82, 2.24) is 19.7 Å². The molecule has 1 atom stereocenters. The maximum absolute atomic E-state index is 13.1. The summed E-state index contributed by atoms with van der Waals surface area (Å²) in [4.78, 5) is 25.3. The summed E-state index contributed by atoms with van der Waals surface area (Å²) in [6.07, 6.45) is 1.59. The molecule has 154 valence electrons. The first-order chi connectivity index (χ1) is 14.5. The third-order valence-electron chi connectivity index (χ3n) is 4.73. The van der Waals surface area contributed by atoms with Crippen molar-refractivity contribution in [2.75, 3.05) is 6.79 Å². The number of ether oxygens (including phenoxy) is 2. The Morgan fingerprint density at radius 1 is 1.27 bits per heavy atom. The highest BCUT2D eigenvalue weighted by atomic mass is 19.1. The van der Waals surface area contributed by atoms with Crippen molar-refractivity contribution in [1.29, 1.82) is 0 Å². The maximum atomic E-state index is 13.1. The average molecular weight is 410 g/mol. The molecule has 0 bridgehead atoms. The molecule has 4 rings (SSSR count). The predicted octanol–water partition coefficient (Wildman–Crippen LogP) is 2.25. The second-order valence-electron chi connectivity index (χ2n) is 6.70. The van der Waals surface area contributed by atoms with Gasteiger partial charge in [-0.05, 0) is 48.9 Å². The van der Waals surface area contributed by atoms with Gasteiger partial charge in [0.2, 0.25) is 12.7 Å². The fraction of sp³-hybridized carbons (Fsp3) is 0.190. The zero-order valence-electron chi connectivity index (χ0n) is 16.2. The Morgan fingerprint density at radius 3 is 2.73 bits per heavy atom. The van der Waals surface area contributed by atoms with E-state index in [0.29, 0.717) is 23.0 Å². The Labute approximate surface area is 171 Å². The lowest BCUT2D eigenvalue weighted by Gasteiger charge is -2.16. The molecule has 1 aliphatic heterocycles. The molecule has 1 aromatic heterocycles. The Bertz CT molecular complexity index is 1170. The van der Waals surface area contributed by atoms with Gasteiger partial charge in [0.05, 0.1) is 11.7 Å². The van der Waals surface area contributed by atoms with E-state index in [4.69, 9.17) is 9.47 Å². The lowest BCUT2D eigenvalue weighted by molar-refractivity contribution is -0.122. The van der Waals surface area contributed by atoms with Gasteiger partial charge in [-0.3, -0.25) is 9.36 Å². The van der Waals surface area contributed by atoms with Crippen LogP contribution in [0.2, 0.25) is 0 Å². The van der Waals surface area contributed by atoms with Gasteiger partial charge in [-0.15, -0.1) is 6.58 Å². The van der Waals surface area contributed by atoms with Crippen molar-refractivity contribution < 1.29 is 18.7 Å². The second-order valence-corrected chi connectivity index (χ2v) is 6.70. The molecular weight excluding hydrogens is 391 g/mol. The van der Waals surface area contributed by atoms with Crippen LogP contribution in [0.4, 0.5) is 4.39 Å². The van der Waals surface area contributed by atoms with E-state index >= 15 is 0 Å². The highest BCUT2D eigenvalue weighted by Gasteiger charge is 2.19. The first kappa shape index (κ1) is 19.4. The third kappa shape index (κ3) is 3.69. The summed E-state index contributed by atoms with van der Waals surface area (Å²) >= 11 is 0.